The number of pyridine rings is 2. The molecule has 0 bridgehead atoms. The highest BCUT2D eigenvalue weighted by Crippen LogP contribution is 2.21. The van der Waals surface area contributed by atoms with E-state index in [-0.39, 0.29) is 0 Å². The fourth-order valence-electron chi connectivity index (χ4n) is 4.91. The number of hydrogen-bond acceptors (Lipinski definition) is 4. The summed E-state index contributed by atoms with van der Waals surface area (Å²) in [4.78, 5) is 9.18. The summed E-state index contributed by atoms with van der Waals surface area (Å²) >= 11 is 0. The first-order valence-electron chi connectivity index (χ1n) is 16.5. The second-order valence-electron chi connectivity index (χ2n) is 11.3. The van der Waals surface area contributed by atoms with E-state index in [1.54, 1.807) is 0 Å². The van der Waals surface area contributed by atoms with Crippen LogP contribution >= 0.6 is 0 Å². The summed E-state index contributed by atoms with van der Waals surface area (Å²) < 4.78 is 11.8. The number of hydrogen-bond donors (Lipinski definition) is 0. The van der Waals surface area contributed by atoms with Crippen molar-refractivity contribution >= 4 is 24.3 Å². The lowest BCUT2D eigenvalue weighted by Gasteiger charge is -2.06. The standard InChI is InChI=1S/C40H48N2O2/c1-3-5-7-9-11-29-43-37-21-17-33(18-22-37)13-15-35-25-27-41-39(31-35)40-32-36(26-28-42-40)16-14-34-19-23-38(24-20-34)44-30-12-10-8-6-4-2/h13-28,31-32H,3-12,29-30H2,1-2H3. The SMILES string of the molecule is CCCCCCCOc1ccc(C=Cc2ccnc(-c3cc(C=Cc4ccc(OCCCCCCC)cc4)ccn3)c2)cc1. The zero-order valence-electron chi connectivity index (χ0n) is 26.6. The predicted octanol–water partition coefficient (Wildman–Crippen LogP) is 11.2. The highest BCUT2D eigenvalue weighted by atomic mass is 16.5. The Morgan fingerprint density at radius 2 is 0.841 bits per heavy atom. The minimum Gasteiger partial charge on any atom is -0.494 e. The molecule has 0 saturated carbocycles. The summed E-state index contributed by atoms with van der Waals surface area (Å²) in [5.41, 5.74) is 6.11. The lowest BCUT2D eigenvalue weighted by Crippen LogP contribution is -1.97. The monoisotopic (exact) mass is 588 g/mol. The van der Waals surface area contributed by atoms with Gasteiger partial charge in [-0.1, -0.05) is 114 Å². The molecule has 2 aromatic carbocycles. The van der Waals surface area contributed by atoms with Crippen LogP contribution in [0.15, 0.2) is 85.2 Å². The van der Waals surface area contributed by atoms with E-state index in [2.05, 4.69) is 84.5 Å². The van der Waals surface area contributed by atoms with Crippen molar-refractivity contribution in [3.05, 3.63) is 107 Å². The first kappa shape index (κ1) is 32.7. The molecule has 0 N–H and O–H groups in total. The molecule has 0 aliphatic rings. The van der Waals surface area contributed by atoms with Crippen molar-refractivity contribution in [2.45, 2.75) is 78.1 Å². The van der Waals surface area contributed by atoms with Gasteiger partial charge < -0.3 is 9.47 Å². The molecule has 0 atom stereocenters. The Balaban J connectivity index is 1.29. The van der Waals surface area contributed by atoms with Gasteiger partial charge in [-0.15, -0.1) is 0 Å². The third-order valence-electron chi connectivity index (χ3n) is 7.56. The van der Waals surface area contributed by atoms with E-state index in [9.17, 15) is 0 Å². The quantitative estimate of drug-likeness (QED) is 0.102. The Morgan fingerprint density at radius 3 is 1.25 bits per heavy atom. The largest absolute Gasteiger partial charge is 0.494 e. The molecule has 4 nitrogen and oxygen atoms in total. The predicted molar refractivity (Wildman–Crippen MR) is 187 cm³/mol. The van der Waals surface area contributed by atoms with Gasteiger partial charge in [0, 0.05) is 12.4 Å². The molecule has 0 amide bonds. The fraction of sp³-hybridized carbons (Fsp3) is 0.350. The molecule has 4 heteroatoms. The van der Waals surface area contributed by atoms with E-state index in [1.807, 2.05) is 48.8 Å². The molecular weight excluding hydrogens is 540 g/mol. The van der Waals surface area contributed by atoms with Gasteiger partial charge in [-0.3, -0.25) is 9.97 Å². The van der Waals surface area contributed by atoms with E-state index in [4.69, 9.17) is 9.47 Å². The fourth-order valence-corrected chi connectivity index (χ4v) is 4.91. The zero-order valence-corrected chi connectivity index (χ0v) is 26.6. The maximum Gasteiger partial charge on any atom is 0.119 e. The van der Waals surface area contributed by atoms with Crippen molar-refractivity contribution in [2.24, 2.45) is 0 Å². The minimum absolute atomic E-state index is 0.783. The second-order valence-corrected chi connectivity index (χ2v) is 11.3. The van der Waals surface area contributed by atoms with E-state index in [0.717, 1.165) is 71.2 Å². The van der Waals surface area contributed by atoms with Crippen molar-refractivity contribution in [3.63, 3.8) is 0 Å². The van der Waals surface area contributed by atoms with Gasteiger partial charge in [-0.2, -0.15) is 0 Å². The third-order valence-corrected chi connectivity index (χ3v) is 7.56. The average Bonchev–Trinajstić information content (AvgIpc) is 3.07. The molecule has 0 fully saturated rings. The van der Waals surface area contributed by atoms with Crippen molar-refractivity contribution < 1.29 is 9.47 Å². The summed E-state index contributed by atoms with van der Waals surface area (Å²) in [7, 11) is 0. The normalized spacial score (nSPS) is 11.4. The van der Waals surface area contributed by atoms with Crippen molar-refractivity contribution in [3.8, 4) is 22.9 Å². The van der Waals surface area contributed by atoms with Gasteiger partial charge >= 0.3 is 0 Å². The van der Waals surface area contributed by atoms with E-state index in [0.29, 0.717) is 0 Å². The number of ether oxygens (including phenoxy) is 2. The zero-order chi connectivity index (χ0) is 30.7. The highest BCUT2D eigenvalue weighted by molar-refractivity contribution is 5.74. The molecule has 2 aromatic heterocycles. The summed E-state index contributed by atoms with van der Waals surface area (Å²) in [5, 5.41) is 0. The Bertz CT molecular complexity index is 1310. The molecule has 0 unspecified atom stereocenters. The van der Waals surface area contributed by atoms with Gasteiger partial charge in [-0.05, 0) is 83.6 Å². The van der Waals surface area contributed by atoms with Crippen LogP contribution in [0, 0.1) is 0 Å². The van der Waals surface area contributed by atoms with Crippen LogP contribution in [-0.4, -0.2) is 23.2 Å². The number of rotatable bonds is 19. The molecule has 4 aromatic rings. The maximum atomic E-state index is 5.90. The molecular formula is C40H48N2O2. The van der Waals surface area contributed by atoms with Crippen LogP contribution in [0.3, 0.4) is 0 Å². The van der Waals surface area contributed by atoms with E-state index in [1.165, 1.54) is 51.4 Å². The summed E-state index contributed by atoms with van der Waals surface area (Å²) in [5.74, 6) is 1.86. The topological polar surface area (TPSA) is 44.2 Å². The molecule has 2 heterocycles. The smallest absolute Gasteiger partial charge is 0.119 e. The van der Waals surface area contributed by atoms with Gasteiger partial charge in [0.25, 0.3) is 0 Å². The Morgan fingerprint density at radius 1 is 0.455 bits per heavy atom. The summed E-state index contributed by atoms with van der Waals surface area (Å²) in [6, 6.07) is 24.7. The Hall–Kier alpha value is -4.18. The van der Waals surface area contributed by atoms with Gasteiger partial charge in [0.2, 0.25) is 0 Å². The van der Waals surface area contributed by atoms with Crippen molar-refractivity contribution in [2.75, 3.05) is 13.2 Å². The first-order valence-corrected chi connectivity index (χ1v) is 16.5. The number of unbranched alkanes of at least 4 members (excludes halogenated alkanes) is 8. The van der Waals surface area contributed by atoms with Crippen molar-refractivity contribution in [1.29, 1.82) is 0 Å². The van der Waals surface area contributed by atoms with Crippen LogP contribution < -0.4 is 9.47 Å². The van der Waals surface area contributed by atoms with Gasteiger partial charge in [-0.25, -0.2) is 0 Å². The van der Waals surface area contributed by atoms with E-state index < -0.39 is 0 Å². The van der Waals surface area contributed by atoms with Crippen LogP contribution in [0.1, 0.15) is 100 Å². The molecule has 0 saturated heterocycles. The molecule has 4 rings (SSSR count). The van der Waals surface area contributed by atoms with Crippen molar-refractivity contribution in [1.82, 2.24) is 9.97 Å². The number of aromatic nitrogens is 2. The first-order chi connectivity index (χ1) is 21.7. The lowest BCUT2D eigenvalue weighted by molar-refractivity contribution is 0.304. The van der Waals surface area contributed by atoms with E-state index >= 15 is 0 Å². The number of benzene rings is 2. The van der Waals surface area contributed by atoms with Crippen LogP contribution in [0.4, 0.5) is 0 Å². The highest BCUT2D eigenvalue weighted by Gasteiger charge is 2.03. The van der Waals surface area contributed by atoms with Gasteiger partial charge in [0.05, 0.1) is 24.6 Å². The minimum atomic E-state index is 0.783. The maximum absolute atomic E-state index is 5.90. The van der Waals surface area contributed by atoms with Crippen LogP contribution in [-0.2, 0) is 0 Å². The van der Waals surface area contributed by atoms with Crippen LogP contribution in [0.2, 0.25) is 0 Å². The second kappa shape index (κ2) is 19.2. The van der Waals surface area contributed by atoms with Crippen LogP contribution in [0.5, 0.6) is 11.5 Å². The summed E-state index contributed by atoms with van der Waals surface area (Å²) in [6.45, 7) is 6.05. The number of nitrogens with zero attached hydrogens (tertiary/aromatic N) is 2. The van der Waals surface area contributed by atoms with Gasteiger partial charge in [0.15, 0.2) is 0 Å². The third kappa shape index (κ3) is 11.8. The molecule has 0 spiro atoms. The van der Waals surface area contributed by atoms with Crippen LogP contribution in [0.25, 0.3) is 35.7 Å². The van der Waals surface area contributed by atoms with Gasteiger partial charge in [0.1, 0.15) is 11.5 Å². The Kier molecular flexibility index (Phi) is 14.3. The molecule has 0 radical (unpaired) electrons. The molecule has 0 aliphatic heterocycles. The molecule has 230 valence electrons. The lowest BCUT2D eigenvalue weighted by atomic mass is 10.1. The Labute approximate surface area is 264 Å². The summed E-state index contributed by atoms with van der Waals surface area (Å²) in [6.07, 6.45) is 24.6. The average molecular weight is 589 g/mol. The molecule has 44 heavy (non-hydrogen) atoms. The molecule has 0 aliphatic carbocycles.